The number of halogens is 2. The number of sulfone groups is 2. The zero-order chi connectivity index (χ0) is 43.6. The smallest absolute Gasteiger partial charge is 0.259 e. The summed E-state index contributed by atoms with van der Waals surface area (Å²) in [5, 5.41) is 29.9. The molecule has 0 unspecified atom stereocenters. The van der Waals surface area contributed by atoms with Crippen LogP contribution in [0.15, 0.2) is 93.4 Å². The Hall–Kier alpha value is -4.74. The first-order chi connectivity index (χ1) is 29.2. The first-order valence-corrected chi connectivity index (χ1v) is 23.8. The molecule has 8 rings (SSSR count). The minimum Gasteiger partial charge on any atom is -0.507 e. The van der Waals surface area contributed by atoms with Gasteiger partial charge in [-0.3, -0.25) is 14.5 Å². The molecule has 2 fully saturated rings. The third kappa shape index (κ3) is 12.4. The number of piperazine rings is 1. The highest BCUT2D eigenvalue weighted by molar-refractivity contribution is 7.95. The van der Waals surface area contributed by atoms with Gasteiger partial charge >= 0.3 is 0 Å². The quantitative estimate of drug-likeness (QED) is 0.105. The molecule has 61 heavy (non-hydrogen) atoms. The second-order valence-electron chi connectivity index (χ2n) is 14.9. The van der Waals surface area contributed by atoms with Crippen LogP contribution in [-0.2, 0) is 19.7 Å². The van der Waals surface area contributed by atoms with Crippen LogP contribution in [0.3, 0.4) is 0 Å². The number of anilines is 2. The van der Waals surface area contributed by atoms with Crippen molar-refractivity contribution in [2.24, 2.45) is 5.92 Å². The number of benzene rings is 4. The van der Waals surface area contributed by atoms with Crippen LogP contribution < -0.4 is 20.7 Å². The van der Waals surface area contributed by atoms with Crippen LogP contribution in [0.1, 0.15) is 70.4 Å². The van der Waals surface area contributed by atoms with Crippen LogP contribution in [0, 0.1) is 5.92 Å². The number of nitrogens with one attached hydrogen (secondary N) is 3. The first-order valence-electron chi connectivity index (χ1n) is 19.9. The van der Waals surface area contributed by atoms with Gasteiger partial charge in [-0.15, -0.1) is 0 Å². The van der Waals surface area contributed by atoms with E-state index in [9.17, 15) is 31.5 Å². The topological polar surface area (TPSA) is 191 Å². The van der Waals surface area contributed by atoms with E-state index in [1.807, 2.05) is 0 Å². The molecule has 4 aliphatic rings. The predicted octanol–water partition coefficient (Wildman–Crippen LogP) is 7.64. The molecule has 3 heterocycles. The summed E-state index contributed by atoms with van der Waals surface area (Å²) in [5.41, 5.74) is 2.18. The Morgan fingerprint density at radius 1 is 0.738 bits per heavy atom. The fourth-order valence-corrected chi connectivity index (χ4v) is 10.0. The van der Waals surface area contributed by atoms with Crippen LogP contribution in [0.25, 0.3) is 12.2 Å². The Balaban J connectivity index is 0.000000175. The minimum atomic E-state index is -3.45. The number of aliphatic hydroxyl groups is 1. The number of aromatic hydroxyl groups is 1. The van der Waals surface area contributed by atoms with Gasteiger partial charge in [0.1, 0.15) is 18.1 Å². The molecule has 1 aliphatic carbocycles. The lowest BCUT2D eigenvalue weighted by atomic mass is 9.87. The van der Waals surface area contributed by atoms with Gasteiger partial charge in [0.2, 0.25) is 19.7 Å². The zero-order valence-corrected chi connectivity index (χ0v) is 36.4. The van der Waals surface area contributed by atoms with E-state index in [0.717, 1.165) is 55.9 Å². The molecule has 324 valence electrons. The van der Waals surface area contributed by atoms with Crippen molar-refractivity contribution in [1.29, 1.82) is 0 Å². The number of carbonyl (C=O) groups excluding carboxylic acids is 2. The third-order valence-electron chi connectivity index (χ3n) is 10.5. The van der Waals surface area contributed by atoms with Crippen LogP contribution >= 0.6 is 23.2 Å². The molecule has 0 spiro atoms. The fraction of sp³-hybridized carbons (Fsp3) is 0.318. The monoisotopic (exact) mass is 910 g/mol. The number of phenolic OH excluding ortho intramolecular Hbond substituents is 1. The van der Waals surface area contributed by atoms with E-state index in [2.05, 4.69) is 20.9 Å². The van der Waals surface area contributed by atoms with E-state index in [0.29, 0.717) is 57.1 Å². The van der Waals surface area contributed by atoms with Gasteiger partial charge in [-0.25, -0.2) is 16.8 Å². The van der Waals surface area contributed by atoms with Gasteiger partial charge in [-0.05, 0) is 96.3 Å². The van der Waals surface area contributed by atoms with Gasteiger partial charge in [0.05, 0.1) is 20.9 Å². The molecule has 5 N–H and O–H groups in total. The van der Waals surface area contributed by atoms with Crippen molar-refractivity contribution >= 4 is 78.2 Å². The van der Waals surface area contributed by atoms with Crippen molar-refractivity contribution in [2.45, 2.75) is 48.3 Å². The van der Waals surface area contributed by atoms with E-state index >= 15 is 0 Å². The molecular weight excluding hydrogens is 864 g/mol. The summed E-state index contributed by atoms with van der Waals surface area (Å²) in [6, 6.07) is 18.3. The predicted molar refractivity (Wildman–Crippen MR) is 239 cm³/mol. The van der Waals surface area contributed by atoms with Crippen molar-refractivity contribution in [3.05, 3.63) is 116 Å². The third-order valence-corrected chi connectivity index (χ3v) is 13.9. The van der Waals surface area contributed by atoms with E-state index in [-0.39, 0.29) is 21.1 Å². The highest BCUT2D eigenvalue weighted by Crippen LogP contribution is 2.32. The van der Waals surface area contributed by atoms with Gasteiger partial charge in [0, 0.05) is 71.6 Å². The summed E-state index contributed by atoms with van der Waals surface area (Å²) in [4.78, 5) is 27.6. The summed E-state index contributed by atoms with van der Waals surface area (Å²) < 4.78 is 53.6. The highest BCUT2D eigenvalue weighted by Gasteiger charge is 2.24. The summed E-state index contributed by atoms with van der Waals surface area (Å²) in [6.45, 7) is 5.46. The number of ether oxygens (including phenoxy) is 1. The fourth-order valence-electron chi connectivity index (χ4n) is 7.24. The van der Waals surface area contributed by atoms with Crippen molar-refractivity contribution in [1.82, 2.24) is 10.2 Å². The second-order valence-corrected chi connectivity index (χ2v) is 19.3. The number of carbonyl (C=O) groups is 2. The Kier molecular flexibility index (Phi) is 15.7. The van der Waals surface area contributed by atoms with Gasteiger partial charge in [0.15, 0.2) is 0 Å². The number of amides is 2. The minimum absolute atomic E-state index is 0.00832. The van der Waals surface area contributed by atoms with Crippen LogP contribution in [0.4, 0.5) is 11.4 Å². The number of rotatable bonds is 10. The Morgan fingerprint density at radius 2 is 1.28 bits per heavy atom. The maximum absolute atomic E-state index is 12.9. The van der Waals surface area contributed by atoms with Gasteiger partial charge in [-0.1, -0.05) is 67.4 Å². The van der Waals surface area contributed by atoms with Crippen LogP contribution in [0.2, 0.25) is 10.0 Å². The lowest BCUT2D eigenvalue weighted by molar-refractivity contribution is 0.101. The van der Waals surface area contributed by atoms with Crippen LogP contribution in [-0.4, -0.2) is 89.7 Å². The number of hydrogen-bond acceptors (Lipinski definition) is 11. The molecule has 13 nitrogen and oxygen atoms in total. The van der Waals surface area contributed by atoms with Gasteiger partial charge in [0.25, 0.3) is 11.8 Å². The summed E-state index contributed by atoms with van der Waals surface area (Å²) >= 11 is 11.9. The Morgan fingerprint density at radius 3 is 1.85 bits per heavy atom. The number of hydrogen-bond donors (Lipinski definition) is 5. The summed E-state index contributed by atoms with van der Waals surface area (Å²) in [7, 11) is -6.90. The average Bonchev–Trinajstić information content (AvgIpc) is 3.73. The molecule has 4 aromatic carbocycles. The lowest BCUT2D eigenvalue weighted by Gasteiger charge is -2.27. The molecule has 0 radical (unpaired) electrons. The molecule has 1 saturated heterocycles. The second kappa shape index (κ2) is 20.9. The number of nitrogens with zero attached hydrogens (tertiary/aromatic N) is 1. The average molecular weight is 912 g/mol. The van der Waals surface area contributed by atoms with E-state index in [1.165, 1.54) is 74.6 Å². The normalized spacial score (nSPS) is 17.2. The van der Waals surface area contributed by atoms with Gasteiger partial charge in [-0.2, -0.15) is 0 Å². The SMILES string of the molecule is O=C(Nc1ccc2c(c1)S(=O)(=O)C=C2)c1cc(Cl)ccc1O.O=C(Nc1ccc2c(c1)S(=O)(=O)C=C2)c1cc(Cl)ccc1OCCN1CCNCC1.OCCC1CCCCC1. The van der Waals surface area contributed by atoms with Crippen molar-refractivity contribution in [2.75, 3.05) is 56.6 Å². The standard InChI is InChI=1S/C21H22ClN3O4S.C15H10ClNO4S.C8H16O/c22-16-2-4-19(29-11-10-25-8-6-23-7-9-25)18(13-16)21(26)24-17-3-1-15-5-12-30(27,28)20(15)14-17;16-10-2-4-13(18)12(7-10)15(19)17-11-3-1-9-5-6-22(20,21)14(9)8-11;9-7-6-8-4-2-1-3-5-8/h1-5,12-14,23H,6-11H2,(H,24,26);1-8,18H,(H,17,19);8-9H,1-7H2. The lowest BCUT2D eigenvalue weighted by Crippen LogP contribution is -2.44. The molecule has 0 bridgehead atoms. The molecule has 0 atom stereocenters. The molecule has 17 heteroatoms. The molecule has 0 aromatic heterocycles. The first kappa shape index (κ1) is 45.8. The molecule has 4 aromatic rings. The molecule has 2 amide bonds. The number of fused-ring (bicyclic) bond motifs is 2. The maximum atomic E-state index is 12.9. The Labute approximate surface area is 366 Å². The van der Waals surface area contributed by atoms with Crippen molar-refractivity contribution < 1.29 is 41.4 Å². The van der Waals surface area contributed by atoms with Crippen molar-refractivity contribution in [3.63, 3.8) is 0 Å². The Bertz CT molecular complexity index is 2520. The number of phenols is 1. The van der Waals surface area contributed by atoms with Gasteiger partial charge < -0.3 is 30.9 Å². The van der Waals surface area contributed by atoms with E-state index in [1.54, 1.807) is 42.5 Å². The largest absolute Gasteiger partial charge is 0.507 e. The summed E-state index contributed by atoms with van der Waals surface area (Å²) in [5.74, 6) is 0.0739. The van der Waals surface area contributed by atoms with E-state index in [4.69, 9.17) is 33.0 Å². The molecule has 1 saturated carbocycles. The zero-order valence-electron chi connectivity index (χ0n) is 33.3. The van der Waals surface area contributed by atoms with E-state index < -0.39 is 31.5 Å². The van der Waals surface area contributed by atoms with Crippen LogP contribution in [0.5, 0.6) is 11.5 Å². The highest BCUT2D eigenvalue weighted by atomic mass is 35.5. The molecular formula is C44H48Cl2N4O9S2. The van der Waals surface area contributed by atoms with Crippen molar-refractivity contribution in [3.8, 4) is 11.5 Å². The number of aliphatic hydroxyl groups excluding tert-OH is 1. The molecule has 3 aliphatic heterocycles. The maximum Gasteiger partial charge on any atom is 0.259 e. The summed E-state index contributed by atoms with van der Waals surface area (Å²) in [6.07, 6.45) is 11.0.